The zero-order valence-corrected chi connectivity index (χ0v) is 13.4. The molecule has 3 nitrogen and oxygen atoms in total. The first-order valence-corrected chi connectivity index (χ1v) is 8.93. The number of hydrogen-bond donors (Lipinski definition) is 0. The Balaban J connectivity index is 2.49. The van der Waals surface area contributed by atoms with Gasteiger partial charge in [0.2, 0.25) is 0 Å². The van der Waals surface area contributed by atoms with Crippen LogP contribution in [-0.2, 0) is 14.6 Å². The molecule has 1 unspecified atom stereocenters. The Labute approximate surface area is 127 Å². The minimum absolute atomic E-state index is 0.0148. The molecular formula is C17H22O3S. The molecule has 21 heavy (non-hydrogen) atoms. The van der Waals surface area contributed by atoms with Crippen molar-refractivity contribution in [2.45, 2.75) is 55.6 Å². The average molecular weight is 306 g/mol. The SMILES string of the molecule is Cc1ccc(S(=O)(=O)C(C)(C=C=O)C2CCCCC2)cc1. The molecule has 0 spiro atoms. The second-order valence-electron chi connectivity index (χ2n) is 6.10. The van der Waals surface area contributed by atoms with Crippen molar-refractivity contribution in [3.8, 4) is 0 Å². The van der Waals surface area contributed by atoms with Gasteiger partial charge in [-0.1, -0.05) is 37.0 Å². The number of benzene rings is 1. The van der Waals surface area contributed by atoms with Gasteiger partial charge in [0.25, 0.3) is 0 Å². The van der Waals surface area contributed by atoms with Crippen LogP contribution in [0.15, 0.2) is 35.2 Å². The van der Waals surface area contributed by atoms with Crippen LogP contribution in [0.1, 0.15) is 44.6 Å². The fourth-order valence-corrected chi connectivity index (χ4v) is 5.06. The molecule has 0 bridgehead atoms. The number of rotatable bonds is 4. The highest BCUT2D eigenvalue weighted by Gasteiger charge is 2.45. The summed E-state index contributed by atoms with van der Waals surface area (Å²) in [5.74, 6) is 1.72. The quantitative estimate of drug-likeness (QED) is 0.800. The van der Waals surface area contributed by atoms with E-state index in [1.165, 1.54) is 6.08 Å². The highest BCUT2D eigenvalue weighted by atomic mass is 32.2. The fourth-order valence-electron chi connectivity index (χ4n) is 3.18. The van der Waals surface area contributed by atoms with E-state index >= 15 is 0 Å². The van der Waals surface area contributed by atoms with E-state index in [9.17, 15) is 13.2 Å². The summed E-state index contributed by atoms with van der Waals surface area (Å²) in [7, 11) is -3.60. The molecule has 1 atom stereocenters. The molecule has 2 rings (SSSR count). The van der Waals surface area contributed by atoms with Crippen molar-refractivity contribution in [3.63, 3.8) is 0 Å². The van der Waals surface area contributed by atoms with Crippen molar-refractivity contribution < 1.29 is 13.2 Å². The Kier molecular flexibility index (Phi) is 4.70. The second kappa shape index (κ2) is 6.17. The van der Waals surface area contributed by atoms with Crippen LogP contribution >= 0.6 is 0 Å². The maximum Gasteiger partial charge on any atom is 0.188 e. The first-order valence-electron chi connectivity index (χ1n) is 7.45. The molecule has 0 aliphatic heterocycles. The third kappa shape index (κ3) is 2.97. The van der Waals surface area contributed by atoms with Gasteiger partial charge in [-0.25, -0.2) is 13.2 Å². The highest BCUT2D eigenvalue weighted by Crippen LogP contribution is 2.41. The minimum atomic E-state index is -3.60. The van der Waals surface area contributed by atoms with Crippen LogP contribution in [0, 0.1) is 12.8 Å². The lowest BCUT2D eigenvalue weighted by Gasteiger charge is -2.36. The van der Waals surface area contributed by atoms with E-state index in [0.717, 1.165) is 37.7 Å². The van der Waals surface area contributed by atoms with Gasteiger partial charge in [-0.2, -0.15) is 0 Å². The zero-order valence-electron chi connectivity index (χ0n) is 12.6. The van der Waals surface area contributed by atoms with Gasteiger partial charge in [-0.15, -0.1) is 0 Å². The summed E-state index contributed by atoms with van der Waals surface area (Å²) in [6.07, 6.45) is 6.10. The molecule has 1 aromatic rings. The van der Waals surface area contributed by atoms with E-state index in [0.29, 0.717) is 0 Å². The van der Waals surface area contributed by atoms with Crippen molar-refractivity contribution in [2.24, 2.45) is 5.92 Å². The van der Waals surface area contributed by atoms with E-state index in [4.69, 9.17) is 0 Å². The lowest BCUT2D eigenvalue weighted by Crippen LogP contribution is -2.42. The Hall–Kier alpha value is -1.38. The largest absolute Gasteiger partial charge is 0.234 e. The number of aryl methyl sites for hydroxylation is 1. The Morgan fingerprint density at radius 3 is 2.24 bits per heavy atom. The van der Waals surface area contributed by atoms with Gasteiger partial charge in [0.15, 0.2) is 9.84 Å². The van der Waals surface area contributed by atoms with E-state index in [-0.39, 0.29) is 10.8 Å². The maximum absolute atomic E-state index is 13.0. The van der Waals surface area contributed by atoms with Gasteiger partial charge in [0.05, 0.1) is 4.90 Å². The lowest BCUT2D eigenvalue weighted by atomic mass is 9.80. The van der Waals surface area contributed by atoms with Crippen LogP contribution < -0.4 is 0 Å². The van der Waals surface area contributed by atoms with Crippen molar-refractivity contribution >= 4 is 15.8 Å². The van der Waals surface area contributed by atoms with Gasteiger partial charge in [-0.05, 0) is 44.7 Å². The Morgan fingerprint density at radius 1 is 1.14 bits per heavy atom. The van der Waals surface area contributed by atoms with Gasteiger partial charge >= 0.3 is 0 Å². The molecule has 4 heteroatoms. The predicted octanol–water partition coefficient (Wildman–Crippen LogP) is 3.50. The second-order valence-corrected chi connectivity index (χ2v) is 8.46. The van der Waals surface area contributed by atoms with Gasteiger partial charge in [-0.3, -0.25) is 0 Å². The topological polar surface area (TPSA) is 51.2 Å². The van der Waals surface area contributed by atoms with E-state index < -0.39 is 14.6 Å². The van der Waals surface area contributed by atoms with Crippen LogP contribution in [-0.4, -0.2) is 19.1 Å². The molecule has 0 heterocycles. The molecule has 114 valence electrons. The number of carbonyl (C=O) groups excluding carboxylic acids is 1. The summed E-state index contributed by atoms with van der Waals surface area (Å²) in [5.41, 5.74) is 1.01. The molecule has 1 aromatic carbocycles. The molecule has 1 aliphatic carbocycles. The smallest absolute Gasteiger partial charge is 0.188 e. The van der Waals surface area contributed by atoms with Crippen molar-refractivity contribution in [1.82, 2.24) is 0 Å². The zero-order chi connectivity index (χ0) is 15.5. The summed E-state index contributed by atoms with van der Waals surface area (Å²) in [4.78, 5) is 11.2. The number of hydrogen-bond acceptors (Lipinski definition) is 3. The first-order chi connectivity index (χ1) is 9.91. The van der Waals surface area contributed by atoms with Crippen molar-refractivity contribution in [1.29, 1.82) is 0 Å². The normalized spacial score (nSPS) is 19.5. The van der Waals surface area contributed by atoms with Crippen LogP contribution in [0.2, 0.25) is 0 Å². The first kappa shape index (κ1) is 16.0. The molecule has 0 saturated heterocycles. The molecule has 1 fully saturated rings. The van der Waals surface area contributed by atoms with Gasteiger partial charge < -0.3 is 0 Å². The molecule has 1 aliphatic rings. The van der Waals surface area contributed by atoms with Crippen molar-refractivity contribution in [3.05, 3.63) is 35.9 Å². The van der Waals surface area contributed by atoms with E-state index in [1.54, 1.807) is 37.1 Å². The van der Waals surface area contributed by atoms with Gasteiger partial charge in [0, 0.05) is 6.08 Å². The maximum atomic E-state index is 13.0. The molecule has 0 radical (unpaired) electrons. The standard InChI is InChI=1S/C17H22O3S/c1-14-8-10-16(11-9-14)21(19,20)17(2,12-13-18)15-6-4-3-5-7-15/h8-12,15H,3-7H2,1-2H3. The molecule has 0 aromatic heterocycles. The molecule has 0 N–H and O–H groups in total. The molecular weight excluding hydrogens is 284 g/mol. The Bertz CT molecular complexity index is 633. The lowest BCUT2D eigenvalue weighted by molar-refractivity contribution is 0.311. The molecule has 0 amide bonds. The van der Waals surface area contributed by atoms with E-state index in [1.807, 2.05) is 6.92 Å². The van der Waals surface area contributed by atoms with E-state index in [2.05, 4.69) is 0 Å². The minimum Gasteiger partial charge on any atom is -0.234 e. The third-order valence-corrected chi connectivity index (χ3v) is 7.17. The fraction of sp³-hybridized carbons (Fsp3) is 0.529. The predicted molar refractivity (Wildman–Crippen MR) is 83.6 cm³/mol. The van der Waals surface area contributed by atoms with Crippen LogP contribution in [0.4, 0.5) is 0 Å². The summed E-state index contributed by atoms with van der Waals surface area (Å²) in [5, 5.41) is 0. The number of sulfone groups is 1. The highest BCUT2D eigenvalue weighted by molar-refractivity contribution is 7.93. The summed E-state index contributed by atoms with van der Waals surface area (Å²) >= 11 is 0. The summed E-state index contributed by atoms with van der Waals surface area (Å²) in [6.45, 7) is 3.59. The van der Waals surface area contributed by atoms with Crippen LogP contribution in [0.5, 0.6) is 0 Å². The summed E-state index contributed by atoms with van der Waals surface area (Å²) < 4.78 is 24.9. The monoisotopic (exact) mass is 306 g/mol. The van der Waals surface area contributed by atoms with Crippen LogP contribution in [0.3, 0.4) is 0 Å². The van der Waals surface area contributed by atoms with Crippen molar-refractivity contribution in [2.75, 3.05) is 0 Å². The van der Waals surface area contributed by atoms with Crippen LogP contribution in [0.25, 0.3) is 0 Å². The summed E-state index contributed by atoms with van der Waals surface area (Å²) in [6, 6.07) is 6.84. The molecule has 1 saturated carbocycles. The average Bonchev–Trinajstić information content (AvgIpc) is 2.48. The van der Waals surface area contributed by atoms with Gasteiger partial charge in [0.1, 0.15) is 10.7 Å². The third-order valence-electron chi connectivity index (χ3n) is 4.67. The Morgan fingerprint density at radius 2 is 1.71 bits per heavy atom.